The third kappa shape index (κ3) is 1.03. The predicted molar refractivity (Wildman–Crippen MR) is 38.8 cm³/mol. The third-order valence-corrected chi connectivity index (χ3v) is 3.97. The maximum absolute atomic E-state index is 2.33. The molecule has 53 valence electrons. The van der Waals surface area contributed by atoms with Crippen LogP contribution >= 0.6 is 0 Å². The average Bonchev–Trinajstić information content (AvgIpc) is 2.07. The van der Waals surface area contributed by atoms with Crippen molar-refractivity contribution in [3.63, 3.8) is 0 Å². The number of hydrogen-bond donors (Lipinski definition) is 0. The second-order valence-corrected chi connectivity index (χ2v) is 3.86. The molecule has 0 N–H and O–H groups in total. The standard InChI is InChI=1S/C8H12N.Zr/c1-5-6(2)8(4)9-7(5)3;/h1-4H3;/q-1;+1. The molecule has 1 nitrogen and oxygen atoms in total. The van der Waals surface area contributed by atoms with Gasteiger partial charge in [0.15, 0.2) is 0 Å². The molecule has 1 rings (SSSR count). The fourth-order valence-corrected chi connectivity index (χ4v) is 1.95. The van der Waals surface area contributed by atoms with Gasteiger partial charge in [-0.1, -0.05) is 0 Å². The Hall–Kier alpha value is 0.163. The van der Waals surface area contributed by atoms with Gasteiger partial charge in [-0.25, -0.2) is 0 Å². The van der Waals surface area contributed by atoms with E-state index in [0.717, 1.165) is 0 Å². The van der Waals surface area contributed by atoms with Crippen LogP contribution in [0.2, 0.25) is 0 Å². The summed E-state index contributed by atoms with van der Waals surface area (Å²) < 4.78 is 2.33. The first kappa shape index (κ1) is 8.26. The Morgan fingerprint density at radius 2 is 1.20 bits per heavy atom. The summed E-state index contributed by atoms with van der Waals surface area (Å²) in [6.07, 6.45) is 0. The molecular formula is C8H12NZr. The number of nitrogens with zero attached hydrogens (tertiary/aromatic N) is 1. The minimum atomic E-state index is 1.42. The van der Waals surface area contributed by atoms with Gasteiger partial charge in [-0.05, 0) is 0 Å². The van der Waals surface area contributed by atoms with Gasteiger partial charge in [0, 0.05) is 0 Å². The van der Waals surface area contributed by atoms with E-state index in [0.29, 0.717) is 0 Å². The van der Waals surface area contributed by atoms with Gasteiger partial charge in [-0.2, -0.15) is 0 Å². The molecule has 0 fully saturated rings. The van der Waals surface area contributed by atoms with E-state index >= 15 is 0 Å². The number of hydrogen-bond acceptors (Lipinski definition) is 0. The SMILES string of the molecule is Cc1c(C)c(C)[n]([Zr])c1C. The van der Waals surface area contributed by atoms with Crippen molar-refractivity contribution in [2.75, 3.05) is 0 Å². The van der Waals surface area contributed by atoms with E-state index in [2.05, 4.69) is 30.2 Å². The van der Waals surface area contributed by atoms with Gasteiger partial charge in [0.05, 0.1) is 0 Å². The number of rotatable bonds is 0. The molecule has 0 aliphatic rings. The molecule has 0 atom stereocenters. The van der Waals surface area contributed by atoms with Crippen molar-refractivity contribution in [1.82, 2.24) is 2.51 Å². The van der Waals surface area contributed by atoms with Gasteiger partial charge in [0.2, 0.25) is 0 Å². The quantitative estimate of drug-likeness (QED) is 0.621. The topological polar surface area (TPSA) is 4.93 Å². The second kappa shape index (κ2) is 2.66. The molecule has 1 aromatic heterocycles. The molecule has 0 amide bonds. The summed E-state index contributed by atoms with van der Waals surface area (Å²) in [5, 5.41) is 0. The van der Waals surface area contributed by atoms with Crippen LogP contribution in [0.3, 0.4) is 0 Å². The third-order valence-electron chi connectivity index (χ3n) is 2.32. The molecule has 0 radical (unpaired) electrons. The van der Waals surface area contributed by atoms with Gasteiger partial charge >= 0.3 is 77.7 Å². The first-order chi connectivity index (χ1) is 4.55. The molecule has 0 unspecified atom stereocenters. The van der Waals surface area contributed by atoms with E-state index < -0.39 is 0 Å². The van der Waals surface area contributed by atoms with Crippen LogP contribution in [0.25, 0.3) is 0 Å². The molecule has 0 aliphatic carbocycles. The molecule has 1 aromatic rings. The van der Waals surface area contributed by atoms with E-state index in [1.54, 1.807) is 0 Å². The summed E-state index contributed by atoms with van der Waals surface area (Å²) in [5.41, 5.74) is 5.75. The molecule has 0 saturated heterocycles. The van der Waals surface area contributed by atoms with Crippen LogP contribution in [0.5, 0.6) is 0 Å². The molecule has 0 spiro atoms. The fraction of sp³-hybridized carbons (Fsp3) is 0.500. The van der Waals surface area contributed by atoms with Crippen LogP contribution in [-0.2, 0) is 25.0 Å². The van der Waals surface area contributed by atoms with E-state index in [-0.39, 0.29) is 0 Å². The van der Waals surface area contributed by atoms with Crippen molar-refractivity contribution in [2.24, 2.45) is 0 Å². The van der Waals surface area contributed by atoms with E-state index in [1.807, 2.05) is 0 Å². The van der Waals surface area contributed by atoms with Crippen LogP contribution in [0.1, 0.15) is 22.5 Å². The van der Waals surface area contributed by atoms with Crippen LogP contribution in [0.4, 0.5) is 0 Å². The molecule has 0 aromatic carbocycles. The van der Waals surface area contributed by atoms with Crippen molar-refractivity contribution in [2.45, 2.75) is 27.7 Å². The molecule has 0 bridgehead atoms. The summed E-state index contributed by atoms with van der Waals surface area (Å²) in [6, 6.07) is 0. The van der Waals surface area contributed by atoms with E-state index in [9.17, 15) is 0 Å². The Morgan fingerprint density at radius 1 is 0.900 bits per heavy atom. The summed E-state index contributed by atoms with van der Waals surface area (Å²) >= 11 is 1.47. The Bertz CT molecular complexity index is 180. The summed E-state index contributed by atoms with van der Waals surface area (Å²) in [5.74, 6) is 0. The molecule has 10 heavy (non-hydrogen) atoms. The zero-order valence-electron chi connectivity index (χ0n) is 6.95. The van der Waals surface area contributed by atoms with Crippen LogP contribution in [0, 0.1) is 27.7 Å². The molecular weight excluding hydrogens is 201 g/mol. The Morgan fingerprint density at radius 3 is 1.30 bits per heavy atom. The minimum absolute atomic E-state index is 1.42. The summed E-state index contributed by atoms with van der Waals surface area (Å²) in [6.45, 7) is 8.75. The summed E-state index contributed by atoms with van der Waals surface area (Å²) in [7, 11) is 0. The van der Waals surface area contributed by atoms with Crippen molar-refractivity contribution in [3.05, 3.63) is 22.5 Å². The van der Waals surface area contributed by atoms with Crippen LogP contribution in [-0.4, -0.2) is 2.51 Å². The van der Waals surface area contributed by atoms with Crippen LogP contribution in [0.15, 0.2) is 0 Å². The van der Waals surface area contributed by atoms with Gasteiger partial charge in [-0.15, -0.1) is 0 Å². The van der Waals surface area contributed by atoms with E-state index in [1.165, 1.54) is 47.5 Å². The average molecular weight is 213 g/mol. The van der Waals surface area contributed by atoms with Gasteiger partial charge in [0.25, 0.3) is 0 Å². The molecule has 1 heterocycles. The van der Waals surface area contributed by atoms with Gasteiger partial charge < -0.3 is 0 Å². The number of aromatic nitrogens is 1. The normalized spacial score (nSPS) is 10.3. The van der Waals surface area contributed by atoms with Gasteiger partial charge in [-0.3, -0.25) is 0 Å². The van der Waals surface area contributed by atoms with Gasteiger partial charge in [0.1, 0.15) is 0 Å². The Labute approximate surface area is 77.7 Å². The Kier molecular flexibility index (Phi) is 2.19. The van der Waals surface area contributed by atoms with Crippen molar-refractivity contribution >= 4 is 0 Å². The fourth-order valence-electron chi connectivity index (χ4n) is 1.13. The molecule has 0 saturated carbocycles. The molecule has 0 aliphatic heterocycles. The van der Waals surface area contributed by atoms with Crippen LogP contribution < -0.4 is 0 Å². The monoisotopic (exact) mass is 212 g/mol. The second-order valence-electron chi connectivity index (χ2n) is 2.76. The first-order valence-corrected chi connectivity index (χ1v) is 4.52. The predicted octanol–water partition coefficient (Wildman–Crippen LogP) is 2.03. The first-order valence-electron chi connectivity index (χ1n) is 3.42. The summed E-state index contributed by atoms with van der Waals surface area (Å²) in [4.78, 5) is 0. The molecule has 2 heteroatoms. The van der Waals surface area contributed by atoms with E-state index in [4.69, 9.17) is 0 Å². The van der Waals surface area contributed by atoms with Crippen molar-refractivity contribution in [3.8, 4) is 0 Å². The maximum atomic E-state index is 2.33. The Balaban J connectivity index is 3.44. The van der Waals surface area contributed by atoms with Crippen molar-refractivity contribution in [1.29, 1.82) is 0 Å². The van der Waals surface area contributed by atoms with Crippen molar-refractivity contribution < 1.29 is 25.0 Å². The zero-order valence-corrected chi connectivity index (χ0v) is 9.41. The zero-order chi connectivity index (χ0) is 7.89.